The molecule has 1 fully saturated rings. The molecule has 0 aliphatic heterocycles. The van der Waals surface area contributed by atoms with Crippen molar-refractivity contribution in [3.05, 3.63) is 41.6 Å². The molecule has 0 saturated heterocycles. The Morgan fingerprint density at radius 2 is 1.84 bits per heavy atom. The molecule has 1 aliphatic carbocycles. The van der Waals surface area contributed by atoms with Gasteiger partial charge in [0.2, 0.25) is 0 Å². The summed E-state index contributed by atoms with van der Waals surface area (Å²) in [5, 5.41) is 1.38. The number of hydrogen-bond donors (Lipinski definition) is 0. The van der Waals surface area contributed by atoms with Crippen LogP contribution in [0.5, 0.6) is 0 Å². The van der Waals surface area contributed by atoms with Crippen molar-refractivity contribution in [3.8, 4) is 0 Å². The third-order valence-electron chi connectivity index (χ3n) is 4.36. The van der Waals surface area contributed by atoms with Crippen LogP contribution in [0.1, 0.15) is 43.5 Å². The van der Waals surface area contributed by atoms with E-state index in [-0.39, 0.29) is 0 Å². The van der Waals surface area contributed by atoms with E-state index in [1.807, 2.05) is 6.08 Å². The summed E-state index contributed by atoms with van der Waals surface area (Å²) in [4.78, 5) is 0. The maximum atomic E-state index is 3.98. The van der Waals surface area contributed by atoms with Gasteiger partial charge in [0.1, 0.15) is 0 Å². The largest absolute Gasteiger partial charge is 0.341 e. The first kappa shape index (κ1) is 12.5. The first-order valence-electron chi connectivity index (χ1n) is 7.54. The summed E-state index contributed by atoms with van der Waals surface area (Å²) in [6, 6.07) is 7.08. The minimum absolute atomic E-state index is 0.894. The number of hydrogen-bond acceptors (Lipinski definition) is 0. The summed E-state index contributed by atoms with van der Waals surface area (Å²) in [6.07, 6.45) is 7.03. The van der Waals surface area contributed by atoms with Crippen LogP contribution in [0.2, 0.25) is 0 Å². The molecule has 0 atom stereocenters. The van der Waals surface area contributed by atoms with E-state index in [0.29, 0.717) is 0 Å². The molecule has 1 aromatic heterocycles. The highest BCUT2D eigenvalue weighted by Crippen LogP contribution is 2.34. The van der Waals surface area contributed by atoms with Gasteiger partial charge in [-0.1, -0.05) is 20.4 Å². The van der Waals surface area contributed by atoms with Crippen LogP contribution in [0.25, 0.3) is 17.0 Å². The first-order valence-corrected chi connectivity index (χ1v) is 7.54. The number of benzene rings is 1. The van der Waals surface area contributed by atoms with Gasteiger partial charge in [-0.2, -0.15) is 0 Å². The number of aryl methyl sites for hydroxylation is 2. The molecule has 1 heteroatoms. The van der Waals surface area contributed by atoms with Gasteiger partial charge in [-0.15, -0.1) is 0 Å². The van der Waals surface area contributed by atoms with Gasteiger partial charge < -0.3 is 4.57 Å². The maximum Gasteiger partial charge on any atom is 0.0488 e. The van der Waals surface area contributed by atoms with Gasteiger partial charge in [-0.3, -0.25) is 0 Å². The van der Waals surface area contributed by atoms with Crippen molar-refractivity contribution in [3.63, 3.8) is 0 Å². The molecule has 0 N–H and O–H groups in total. The van der Waals surface area contributed by atoms with Crippen LogP contribution in [-0.4, -0.2) is 4.57 Å². The zero-order chi connectivity index (χ0) is 13.4. The van der Waals surface area contributed by atoms with Gasteiger partial charge in [-0.25, -0.2) is 0 Å². The highest BCUT2D eigenvalue weighted by Gasteiger charge is 2.23. The summed E-state index contributed by atoms with van der Waals surface area (Å²) in [5.74, 6) is 0.894. The van der Waals surface area contributed by atoms with Crippen molar-refractivity contribution in [2.24, 2.45) is 5.92 Å². The third kappa shape index (κ3) is 2.22. The second-order valence-electron chi connectivity index (χ2n) is 5.71. The molecule has 1 nitrogen and oxygen atoms in total. The topological polar surface area (TPSA) is 4.93 Å². The summed E-state index contributed by atoms with van der Waals surface area (Å²) < 4.78 is 2.47. The minimum Gasteiger partial charge on any atom is -0.341 e. The molecule has 0 spiro atoms. The number of fused-ring (bicyclic) bond motifs is 1. The normalized spacial score (nSPS) is 15.1. The molecule has 1 saturated carbocycles. The fourth-order valence-electron chi connectivity index (χ4n) is 3.01. The quantitative estimate of drug-likeness (QED) is 0.720. The van der Waals surface area contributed by atoms with Gasteiger partial charge in [0.25, 0.3) is 0 Å². The van der Waals surface area contributed by atoms with Crippen LogP contribution >= 0.6 is 0 Å². The second-order valence-corrected chi connectivity index (χ2v) is 5.71. The van der Waals surface area contributed by atoms with E-state index in [1.54, 1.807) is 0 Å². The van der Waals surface area contributed by atoms with Crippen LogP contribution in [0.3, 0.4) is 0 Å². The molecule has 0 radical (unpaired) electrons. The van der Waals surface area contributed by atoms with Crippen molar-refractivity contribution in [1.29, 1.82) is 0 Å². The van der Waals surface area contributed by atoms with Crippen LogP contribution in [0.4, 0.5) is 0 Å². The Hall–Kier alpha value is -1.50. The second kappa shape index (κ2) is 4.88. The van der Waals surface area contributed by atoms with E-state index in [4.69, 9.17) is 0 Å². The molecule has 100 valence electrons. The van der Waals surface area contributed by atoms with Gasteiger partial charge >= 0.3 is 0 Å². The van der Waals surface area contributed by atoms with Crippen LogP contribution in [0.15, 0.2) is 24.8 Å². The Labute approximate surface area is 115 Å². The number of nitrogens with zero attached hydrogens (tertiary/aromatic N) is 1. The Morgan fingerprint density at radius 1 is 1.16 bits per heavy atom. The number of rotatable bonds is 5. The van der Waals surface area contributed by atoms with E-state index in [0.717, 1.165) is 18.8 Å². The third-order valence-corrected chi connectivity index (χ3v) is 4.36. The fraction of sp³-hybridized carbons (Fsp3) is 0.444. The molecule has 1 heterocycles. The lowest BCUT2D eigenvalue weighted by Gasteiger charge is -2.10. The van der Waals surface area contributed by atoms with Crippen molar-refractivity contribution < 1.29 is 0 Å². The predicted octanol–water partition coefficient (Wildman–Crippen LogP) is 4.82. The van der Waals surface area contributed by atoms with Gasteiger partial charge in [0, 0.05) is 23.1 Å². The van der Waals surface area contributed by atoms with Crippen molar-refractivity contribution >= 4 is 17.0 Å². The van der Waals surface area contributed by atoms with Crippen molar-refractivity contribution in [2.45, 2.75) is 46.1 Å². The van der Waals surface area contributed by atoms with Crippen molar-refractivity contribution in [2.75, 3.05) is 0 Å². The Morgan fingerprint density at radius 3 is 2.42 bits per heavy atom. The van der Waals surface area contributed by atoms with Crippen LogP contribution in [-0.2, 0) is 19.4 Å². The van der Waals surface area contributed by atoms with Crippen LogP contribution < -0.4 is 0 Å². The van der Waals surface area contributed by atoms with Gasteiger partial charge in [0.15, 0.2) is 0 Å². The van der Waals surface area contributed by atoms with E-state index in [9.17, 15) is 0 Å². The summed E-state index contributed by atoms with van der Waals surface area (Å²) in [7, 11) is 0. The van der Waals surface area contributed by atoms with E-state index in [2.05, 4.69) is 43.2 Å². The Balaban J connectivity index is 2.17. The van der Waals surface area contributed by atoms with E-state index < -0.39 is 0 Å². The molecule has 2 aromatic rings. The van der Waals surface area contributed by atoms with E-state index >= 15 is 0 Å². The van der Waals surface area contributed by atoms with Gasteiger partial charge in [0.05, 0.1) is 0 Å². The predicted molar refractivity (Wildman–Crippen MR) is 83.5 cm³/mol. The Kier molecular flexibility index (Phi) is 3.22. The zero-order valence-corrected chi connectivity index (χ0v) is 12.1. The SMILES string of the molecule is C=Cc1cc2cc(CC)c(CC)cc2n1CC1CC1. The molecule has 1 aliphatic rings. The molecular formula is C18H23N. The molecule has 19 heavy (non-hydrogen) atoms. The average Bonchev–Trinajstić information content (AvgIpc) is 3.19. The smallest absolute Gasteiger partial charge is 0.0488 e. The monoisotopic (exact) mass is 253 g/mol. The maximum absolute atomic E-state index is 3.98. The van der Waals surface area contributed by atoms with Crippen LogP contribution in [0, 0.1) is 5.92 Å². The fourth-order valence-corrected chi connectivity index (χ4v) is 3.01. The first-order chi connectivity index (χ1) is 9.26. The van der Waals surface area contributed by atoms with Crippen molar-refractivity contribution in [1.82, 2.24) is 4.57 Å². The average molecular weight is 253 g/mol. The lowest BCUT2D eigenvalue weighted by atomic mass is 10.0. The Bertz CT molecular complexity index is 614. The molecular weight excluding hydrogens is 230 g/mol. The standard InChI is InChI=1S/C18H23N/c1-4-14-9-16-10-17(6-3)19(12-13-7-8-13)18(16)11-15(14)5-2/h6,9-11,13H,3-5,7-8,12H2,1-2H3. The highest BCUT2D eigenvalue weighted by molar-refractivity contribution is 5.85. The summed E-state index contributed by atoms with van der Waals surface area (Å²) in [5.41, 5.74) is 5.67. The summed E-state index contributed by atoms with van der Waals surface area (Å²) >= 11 is 0. The van der Waals surface area contributed by atoms with Gasteiger partial charge in [-0.05, 0) is 67.0 Å². The lowest BCUT2D eigenvalue weighted by molar-refractivity contribution is 0.643. The number of aromatic nitrogens is 1. The molecule has 3 rings (SSSR count). The molecule has 1 aromatic carbocycles. The molecule has 0 bridgehead atoms. The van der Waals surface area contributed by atoms with E-state index in [1.165, 1.54) is 47.1 Å². The molecule has 0 amide bonds. The summed E-state index contributed by atoms with van der Waals surface area (Å²) in [6.45, 7) is 9.64. The zero-order valence-electron chi connectivity index (χ0n) is 12.1. The minimum atomic E-state index is 0.894. The lowest BCUT2D eigenvalue weighted by Crippen LogP contribution is -2.02. The molecule has 0 unspecified atom stereocenters. The highest BCUT2D eigenvalue weighted by atomic mass is 15.0.